The summed E-state index contributed by atoms with van der Waals surface area (Å²) in [6.45, 7) is -0.128. The number of nitrogens with one attached hydrogen (secondary N) is 1. The summed E-state index contributed by atoms with van der Waals surface area (Å²) in [4.78, 5) is 29.8. The van der Waals surface area contributed by atoms with Gasteiger partial charge >= 0.3 is 0 Å². The first-order valence-corrected chi connectivity index (χ1v) is 9.66. The van der Waals surface area contributed by atoms with E-state index in [2.05, 4.69) is 30.4 Å². The van der Waals surface area contributed by atoms with Crippen LogP contribution in [0, 0.1) is 5.92 Å². The van der Waals surface area contributed by atoms with Crippen LogP contribution in [-0.2, 0) is 11.2 Å². The van der Waals surface area contributed by atoms with E-state index in [0.717, 1.165) is 0 Å². The first kappa shape index (κ1) is 19.9. The van der Waals surface area contributed by atoms with Gasteiger partial charge in [0.25, 0.3) is 0 Å². The number of aromatic nitrogens is 6. The number of anilines is 1. The molecule has 0 spiro atoms. The van der Waals surface area contributed by atoms with Gasteiger partial charge in [-0.05, 0) is 30.7 Å². The second-order valence-corrected chi connectivity index (χ2v) is 6.95. The van der Waals surface area contributed by atoms with Gasteiger partial charge in [-0.3, -0.25) is 4.79 Å². The van der Waals surface area contributed by atoms with E-state index in [1.54, 1.807) is 48.9 Å². The number of carbonyl (C=O) groups excluding carboxylic acids is 1. The Morgan fingerprint density at radius 2 is 2.00 bits per heavy atom. The molecule has 0 aliphatic carbocycles. The normalized spacial score (nSPS) is 12.1. The summed E-state index contributed by atoms with van der Waals surface area (Å²) in [7, 11) is 0. The topological polar surface area (TPSA) is 119 Å². The summed E-state index contributed by atoms with van der Waals surface area (Å²) < 4.78 is 1.54. The molecular formula is C20H18ClN7O2. The number of carbonyl (C=O) groups is 1. The molecule has 0 radical (unpaired) electrons. The first-order valence-electron chi connectivity index (χ1n) is 9.28. The predicted molar refractivity (Wildman–Crippen MR) is 111 cm³/mol. The van der Waals surface area contributed by atoms with Crippen LogP contribution in [0.25, 0.3) is 16.9 Å². The van der Waals surface area contributed by atoms with Crippen molar-refractivity contribution in [1.82, 2.24) is 29.7 Å². The van der Waals surface area contributed by atoms with E-state index in [1.807, 2.05) is 0 Å². The van der Waals surface area contributed by atoms with Gasteiger partial charge in [-0.25, -0.2) is 19.9 Å². The Balaban J connectivity index is 1.63. The molecule has 0 saturated heterocycles. The number of hydrogen-bond acceptors (Lipinski definition) is 7. The van der Waals surface area contributed by atoms with Crippen molar-refractivity contribution >= 4 is 34.4 Å². The molecule has 0 bridgehead atoms. The molecule has 2 N–H and O–H groups in total. The number of amides is 1. The fourth-order valence-electron chi connectivity index (χ4n) is 3.12. The number of fused-ring (bicyclic) bond motifs is 1. The molecule has 4 aromatic heterocycles. The lowest BCUT2D eigenvalue weighted by atomic mass is 9.97. The average molecular weight is 424 g/mol. The Labute approximate surface area is 176 Å². The minimum Gasteiger partial charge on any atom is -0.396 e. The molecule has 10 heteroatoms. The van der Waals surface area contributed by atoms with E-state index in [0.29, 0.717) is 39.8 Å². The monoisotopic (exact) mass is 423 g/mol. The van der Waals surface area contributed by atoms with Crippen molar-refractivity contribution in [1.29, 1.82) is 0 Å². The lowest BCUT2D eigenvalue weighted by molar-refractivity contribution is -0.120. The van der Waals surface area contributed by atoms with Gasteiger partial charge in [0.15, 0.2) is 11.5 Å². The van der Waals surface area contributed by atoms with Crippen molar-refractivity contribution in [2.75, 3.05) is 11.9 Å². The zero-order valence-electron chi connectivity index (χ0n) is 15.8. The predicted octanol–water partition coefficient (Wildman–Crippen LogP) is 2.44. The molecule has 30 heavy (non-hydrogen) atoms. The molecular weight excluding hydrogens is 406 g/mol. The highest BCUT2D eigenvalue weighted by molar-refractivity contribution is 6.32. The summed E-state index contributed by atoms with van der Waals surface area (Å²) >= 11 is 6.25. The van der Waals surface area contributed by atoms with Gasteiger partial charge in [0.2, 0.25) is 5.91 Å². The van der Waals surface area contributed by atoms with Crippen molar-refractivity contribution in [2.45, 2.75) is 12.8 Å². The van der Waals surface area contributed by atoms with Crippen LogP contribution in [0.1, 0.15) is 12.1 Å². The minimum absolute atomic E-state index is 0.128. The minimum atomic E-state index is -0.503. The van der Waals surface area contributed by atoms with Crippen LogP contribution in [0.5, 0.6) is 0 Å². The molecule has 0 saturated carbocycles. The molecule has 4 aromatic rings. The van der Waals surface area contributed by atoms with Crippen LogP contribution in [0.3, 0.4) is 0 Å². The van der Waals surface area contributed by atoms with E-state index < -0.39 is 5.92 Å². The smallest absolute Gasteiger partial charge is 0.229 e. The molecule has 4 heterocycles. The fourth-order valence-corrected chi connectivity index (χ4v) is 3.33. The van der Waals surface area contributed by atoms with Crippen LogP contribution in [0.2, 0.25) is 5.02 Å². The number of nitrogens with zero attached hydrogens (tertiary/aromatic N) is 6. The molecule has 9 nitrogen and oxygen atoms in total. The van der Waals surface area contributed by atoms with Gasteiger partial charge < -0.3 is 10.4 Å². The van der Waals surface area contributed by atoms with Crippen molar-refractivity contribution in [2.24, 2.45) is 5.92 Å². The third kappa shape index (κ3) is 4.12. The van der Waals surface area contributed by atoms with Crippen molar-refractivity contribution in [3.05, 3.63) is 66.0 Å². The Morgan fingerprint density at radius 1 is 1.13 bits per heavy atom. The van der Waals surface area contributed by atoms with Crippen LogP contribution in [0.15, 0.2) is 55.2 Å². The number of aliphatic hydroxyl groups is 1. The summed E-state index contributed by atoms with van der Waals surface area (Å²) in [6, 6.07) is 8.71. The molecule has 0 aromatic carbocycles. The van der Waals surface area contributed by atoms with Crippen LogP contribution < -0.4 is 5.32 Å². The lowest BCUT2D eigenvalue weighted by Gasteiger charge is -2.15. The Bertz CT molecular complexity index is 1170. The maximum atomic E-state index is 12.8. The number of aliphatic hydroxyl groups excluding tert-OH is 1. The third-order valence-electron chi connectivity index (χ3n) is 4.59. The van der Waals surface area contributed by atoms with E-state index in [9.17, 15) is 9.90 Å². The van der Waals surface area contributed by atoms with Gasteiger partial charge in [0.05, 0.1) is 22.3 Å². The molecule has 0 aliphatic heterocycles. The van der Waals surface area contributed by atoms with E-state index >= 15 is 0 Å². The molecule has 1 atom stereocenters. The highest BCUT2D eigenvalue weighted by atomic mass is 35.5. The van der Waals surface area contributed by atoms with Gasteiger partial charge in [0, 0.05) is 31.3 Å². The molecule has 1 unspecified atom stereocenters. The maximum Gasteiger partial charge on any atom is 0.229 e. The average Bonchev–Trinajstić information content (AvgIpc) is 3.19. The number of pyridine rings is 2. The summed E-state index contributed by atoms with van der Waals surface area (Å²) in [5.74, 6) is 0.168. The van der Waals surface area contributed by atoms with Crippen LogP contribution >= 0.6 is 11.6 Å². The van der Waals surface area contributed by atoms with Gasteiger partial charge in [-0.1, -0.05) is 17.7 Å². The summed E-state index contributed by atoms with van der Waals surface area (Å²) in [5, 5.41) is 17.7. The number of rotatable bonds is 7. The highest BCUT2D eigenvalue weighted by Crippen LogP contribution is 2.24. The first-order chi connectivity index (χ1) is 14.7. The second-order valence-electron chi connectivity index (χ2n) is 6.54. The SMILES string of the molecule is O=C(Nc1ccccn1)C(CCO)Cc1ncnc2c1cnn2-c1ncccc1Cl. The standard InChI is InChI=1S/C20H18ClN7O2/c21-15-4-3-8-23-19(15)28-18-14(11-26-28)16(24-12-25-18)10-13(6-9-29)20(30)27-17-5-1-2-7-22-17/h1-5,7-8,11-13,29H,6,9-10H2,(H,22,27,30). The van der Waals surface area contributed by atoms with Gasteiger partial charge in [-0.2, -0.15) is 9.78 Å². The maximum absolute atomic E-state index is 12.8. The van der Waals surface area contributed by atoms with E-state index in [4.69, 9.17) is 11.6 Å². The van der Waals surface area contributed by atoms with Gasteiger partial charge in [0.1, 0.15) is 12.1 Å². The zero-order chi connectivity index (χ0) is 20.9. The summed E-state index contributed by atoms with van der Waals surface area (Å²) in [5.41, 5.74) is 1.18. The highest BCUT2D eigenvalue weighted by Gasteiger charge is 2.22. The number of halogens is 1. The Hall–Kier alpha value is -3.43. The number of hydrogen-bond donors (Lipinski definition) is 2. The largest absolute Gasteiger partial charge is 0.396 e. The molecule has 0 aliphatic rings. The van der Waals surface area contributed by atoms with E-state index in [-0.39, 0.29) is 18.9 Å². The van der Waals surface area contributed by atoms with Crippen molar-refractivity contribution < 1.29 is 9.90 Å². The van der Waals surface area contributed by atoms with E-state index in [1.165, 1.54) is 11.0 Å². The molecule has 1 amide bonds. The van der Waals surface area contributed by atoms with Crippen LogP contribution in [0.4, 0.5) is 5.82 Å². The second kappa shape index (κ2) is 8.93. The third-order valence-corrected chi connectivity index (χ3v) is 4.89. The molecule has 0 fully saturated rings. The summed E-state index contributed by atoms with van der Waals surface area (Å²) in [6.07, 6.45) is 6.85. The molecule has 4 rings (SSSR count). The zero-order valence-corrected chi connectivity index (χ0v) is 16.6. The fraction of sp³-hybridized carbons (Fsp3) is 0.200. The lowest BCUT2D eigenvalue weighted by Crippen LogP contribution is -2.26. The van der Waals surface area contributed by atoms with Gasteiger partial charge in [-0.15, -0.1) is 0 Å². The quantitative estimate of drug-likeness (QED) is 0.468. The van der Waals surface area contributed by atoms with Crippen molar-refractivity contribution in [3.63, 3.8) is 0 Å². The Kier molecular flexibility index (Phi) is 5.92. The van der Waals surface area contributed by atoms with Crippen molar-refractivity contribution in [3.8, 4) is 5.82 Å². The Morgan fingerprint density at radius 3 is 2.77 bits per heavy atom. The molecule has 152 valence electrons. The van der Waals surface area contributed by atoms with Crippen LogP contribution in [-0.4, -0.2) is 47.3 Å².